The first kappa shape index (κ1) is 26.4. The quantitative estimate of drug-likeness (QED) is 0.146. The molecule has 0 aliphatic carbocycles. The SMILES string of the molecule is C/C(=C\C=C(/C)c1cc2c3ccccc3c(=O)n3c4ccc(-c5ccc(-c6ccccc6)s5)cc4c(c1)c23)c1ccccc1. The molecular formula is C41H29NOS. The zero-order valence-corrected chi connectivity index (χ0v) is 25.4. The van der Waals surface area contributed by atoms with Crippen LogP contribution in [0.1, 0.15) is 25.0 Å². The molecule has 0 saturated heterocycles. The van der Waals surface area contributed by atoms with Gasteiger partial charge in [0.05, 0.1) is 11.0 Å². The van der Waals surface area contributed by atoms with E-state index in [0.29, 0.717) is 0 Å². The minimum Gasteiger partial charge on any atom is -0.275 e. The summed E-state index contributed by atoms with van der Waals surface area (Å²) in [6.07, 6.45) is 4.40. The number of thiophene rings is 1. The van der Waals surface area contributed by atoms with Gasteiger partial charge in [0, 0.05) is 31.3 Å². The zero-order valence-electron chi connectivity index (χ0n) is 24.5. The molecule has 3 heterocycles. The van der Waals surface area contributed by atoms with E-state index in [1.54, 1.807) is 11.3 Å². The fraction of sp³-hybridized carbons (Fsp3) is 0.0488. The van der Waals surface area contributed by atoms with Gasteiger partial charge in [0.15, 0.2) is 0 Å². The number of pyridine rings is 1. The second-order valence-corrected chi connectivity index (χ2v) is 12.5. The first-order valence-corrected chi connectivity index (χ1v) is 15.7. The maximum absolute atomic E-state index is 14.0. The van der Waals surface area contributed by atoms with E-state index in [2.05, 4.69) is 123 Å². The highest BCUT2D eigenvalue weighted by atomic mass is 32.1. The zero-order chi connectivity index (χ0) is 29.8. The summed E-state index contributed by atoms with van der Waals surface area (Å²) < 4.78 is 1.93. The van der Waals surface area contributed by atoms with Gasteiger partial charge in [-0.2, -0.15) is 0 Å². The Morgan fingerprint density at radius 1 is 0.545 bits per heavy atom. The third kappa shape index (κ3) is 4.28. The topological polar surface area (TPSA) is 21.5 Å². The largest absolute Gasteiger partial charge is 0.275 e. The van der Waals surface area contributed by atoms with Gasteiger partial charge in [-0.3, -0.25) is 9.20 Å². The van der Waals surface area contributed by atoms with Gasteiger partial charge in [-0.1, -0.05) is 97.1 Å². The molecule has 0 amide bonds. The van der Waals surface area contributed by atoms with Crippen LogP contribution >= 0.6 is 11.3 Å². The fourth-order valence-electron chi connectivity index (χ4n) is 6.36. The van der Waals surface area contributed by atoms with Crippen molar-refractivity contribution in [2.45, 2.75) is 13.8 Å². The van der Waals surface area contributed by atoms with Crippen molar-refractivity contribution in [1.82, 2.24) is 4.40 Å². The lowest BCUT2D eigenvalue weighted by Crippen LogP contribution is -2.12. The number of benzene rings is 5. The van der Waals surface area contributed by atoms with Crippen LogP contribution in [-0.2, 0) is 0 Å². The molecule has 0 N–H and O–H groups in total. The van der Waals surface area contributed by atoms with Crippen LogP contribution in [0.3, 0.4) is 0 Å². The summed E-state index contributed by atoms with van der Waals surface area (Å²) in [5.74, 6) is 0. The number of nitrogens with zero attached hydrogens (tertiary/aromatic N) is 1. The average molecular weight is 584 g/mol. The lowest BCUT2D eigenvalue weighted by molar-refractivity contribution is 1.21. The van der Waals surface area contributed by atoms with Crippen LogP contribution in [0, 0.1) is 0 Å². The second-order valence-electron chi connectivity index (χ2n) is 11.4. The first-order valence-electron chi connectivity index (χ1n) is 14.9. The van der Waals surface area contributed by atoms with Gasteiger partial charge < -0.3 is 0 Å². The summed E-state index contributed by atoms with van der Waals surface area (Å²) in [5.41, 5.74) is 9.12. The molecule has 44 heavy (non-hydrogen) atoms. The van der Waals surface area contributed by atoms with Crippen LogP contribution in [0.5, 0.6) is 0 Å². The lowest BCUT2D eigenvalue weighted by atomic mass is 9.97. The predicted molar refractivity (Wildman–Crippen MR) is 190 cm³/mol. The van der Waals surface area contributed by atoms with Crippen LogP contribution < -0.4 is 5.56 Å². The van der Waals surface area contributed by atoms with E-state index < -0.39 is 0 Å². The van der Waals surface area contributed by atoms with E-state index in [4.69, 9.17) is 0 Å². The number of aromatic nitrogens is 1. The van der Waals surface area contributed by atoms with Gasteiger partial charge in [0.25, 0.3) is 5.56 Å². The second kappa shape index (κ2) is 10.5. The molecule has 8 rings (SSSR count). The summed E-state index contributed by atoms with van der Waals surface area (Å²) in [4.78, 5) is 16.4. The Hall–Kier alpha value is -5.25. The molecule has 3 heteroatoms. The van der Waals surface area contributed by atoms with Crippen molar-refractivity contribution in [3.63, 3.8) is 0 Å². The van der Waals surface area contributed by atoms with Gasteiger partial charge in [-0.25, -0.2) is 0 Å². The van der Waals surface area contributed by atoms with Gasteiger partial charge in [-0.15, -0.1) is 11.3 Å². The molecule has 0 spiro atoms. The molecule has 0 bridgehead atoms. The van der Waals surface area contributed by atoms with Crippen LogP contribution in [0.2, 0.25) is 0 Å². The van der Waals surface area contributed by atoms with Crippen LogP contribution in [0.15, 0.2) is 144 Å². The Morgan fingerprint density at radius 3 is 1.86 bits per heavy atom. The van der Waals surface area contributed by atoms with E-state index in [-0.39, 0.29) is 5.56 Å². The van der Waals surface area contributed by atoms with Crippen LogP contribution in [-0.4, -0.2) is 4.40 Å². The van der Waals surface area contributed by atoms with Crippen molar-refractivity contribution in [2.24, 2.45) is 0 Å². The molecule has 0 aliphatic rings. The molecule has 2 nitrogen and oxygen atoms in total. The smallest absolute Gasteiger partial charge is 0.263 e. The average Bonchev–Trinajstić information content (AvgIpc) is 3.70. The number of allylic oxidation sites excluding steroid dienone is 4. The van der Waals surface area contributed by atoms with Gasteiger partial charge >= 0.3 is 0 Å². The molecule has 0 fully saturated rings. The number of hydrogen-bond donors (Lipinski definition) is 0. The van der Waals surface area contributed by atoms with Crippen LogP contribution in [0.25, 0.3) is 70.0 Å². The highest BCUT2D eigenvalue weighted by molar-refractivity contribution is 7.18. The van der Waals surface area contributed by atoms with E-state index >= 15 is 0 Å². The Kier molecular flexibility index (Phi) is 6.28. The first-order chi connectivity index (χ1) is 21.6. The van der Waals surface area contributed by atoms with Crippen molar-refractivity contribution >= 4 is 60.4 Å². The standard InChI is InChI=1S/C41H29NOS/c1-26(28-11-5-3-6-12-28)17-18-27(2)31-24-35-32-15-9-10-16-33(32)41(43)42-37-20-19-30(23-34(37)36(25-31)40(35)42)39-22-21-38(44-39)29-13-7-4-8-14-29/h3-25H,1-2H3/b26-17+,27-18+. The maximum atomic E-state index is 14.0. The molecule has 0 atom stereocenters. The van der Waals surface area contributed by atoms with Crippen molar-refractivity contribution in [3.05, 3.63) is 161 Å². The Morgan fingerprint density at radius 2 is 1.14 bits per heavy atom. The van der Waals surface area contributed by atoms with Crippen molar-refractivity contribution < 1.29 is 0 Å². The van der Waals surface area contributed by atoms with Crippen molar-refractivity contribution in [2.75, 3.05) is 0 Å². The molecule has 3 aromatic heterocycles. The maximum Gasteiger partial charge on any atom is 0.263 e. The number of hydrogen-bond acceptors (Lipinski definition) is 2. The molecular weight excluding hydrogens is 555 g/mol. The third-order valence-electron chi connectivity index (χ3n) is 8.73. The van der Waals surface area contributed by atoms with Crippen LogP contribution in [0.4, 0.5) is 0 Å². The van der Waals surface area contributed by atoms with Crippen molar-refractivity contribution in [1.29, 1.82) is 0 Å². The molecule has 0 aliphatic heterocycles. The van der Waals surface area contributed by atoms with Crippen molar-refractivity contribution in [3.8, 4) is 20.9 Å². The third-order valence-corrected chi connectivity index (χ3v) is 9.91. The number of fused-ring (bicyclic) bond motifs is 5. The molecule has 0 radical (unpaired) electrons. The summed E-state index contributed by atoms with van der Waals surface area (Å²) in [5, 5.41) is 5.04. The van der Waals surface area contributed by atoms with E-state index in [0.717, 1.165) is 49.1 Å². The van der Waals surface area contributed by atoms with E-state index in [1.807, 2.05) is 34.7 Å². The lowest BCUT2D eigenvalue weighted by Gasteiger charge is -2.09. The van der Waals surface area contributed by atoms with Gasteiger partial charge in [0.2, 0.25) is 0 Å². The molecule has 210 valence electrons. The summed E-state index contributed by atoms with van der Waals surface area (Å²) >= 11 is 1.80. The Bertz CT molecular complexity index is 2460. The molecule has 8 aromatic rings. The minimum atomic E-state index is 0.0322. The van der Waals surface area contributed by atoms with E-state index in [9.17, 15) is 4.79 Å². The van der Waals surface area contributed by atoms with Gasteiger partial charge in [-0.05, 0) is 95.1 Å². The normalized spacial score (nSPS) is 12.7. The summed E-state index contributed by atoms with van der Waals surface area (Å²) in [6, 6.07) is 44.5. The Balaban J connectivity index is 1.36. The highest BCUT2D eigenvalue weighted by Gasteiger charge is 2.19. The summed E-state index contributed by atoms with van der Waals surface area (Å²) in [7, 11) is 0. The van der Waals surface area contributed by atoms with E-state index in [1.165, 1.54) is 32.0 Å². The minimum absolute atomic E-state index is 0.0322. The molecule has 0 saturated carbocycles. The predicted octanol–water partition coefficient (Wildman–Crippen LogP) is 11.1. The fourth-order valence-corrected chi connectivity index (χ4v) is 7.37. The monoisotopic (exact) mass is 583 g/mol. The number of rotatable bonds is 5. The highest BCUT2D eigenvalue weighted by Crippen LogP contribution is 2.40. The van der Waals surface area contributed by atoms with Gasteiger partial charge in [0.1, 0.15) is 0 Å². The molecule has 0 unspecified atom stereocenters. The Labute approximate surface area is 259 Å². The summed E-state index contributed by atoms with van der Waals surface area (Å²) in [6.45, 7) is 4.32. The molecule has 5 aromatic carbocycles.